The first kappa shape index (κ1) is 24.0. The van der Waals surface area contributed by atoms with Crippen molar-refractivity contribution in [2.75, 3.05) is 16.6 Å². The van der Waals surface area contributed by atoms with Crippen LogP contribution in [0.1, 0.15) is 32.6 Å². The molecule has 7 nitrogen and oxygen atoms in total. The number of hydrogen-bond donors (Lipinski definition) is 3. The Morgan fingerprint density at radius 3 is 2.00 bits per heavy atom. The van der Waals surface area contributed by atoms with Crippen LogP contribution in [0.25, 0.3) is 0 Å². The van der Waals surface area contributed by atoms with Gasteiger partial charge in [-0.15, -0.1) is 0 Å². The highest BCUT2D eigenvalue weighted by Crippen LogP contribution is 2.22. The smallest absolute Gasteiger partial charge is 0.261 e. The van der Waals surface area contributed by atoms with Gasteiger partial charge in [0.05, 0.1) is 17.1 Å². The van der Waals surface area contributed by atoms with Crippen LogP contribution in [-0.4, -0.2) is 26.8 Å². The number of nitrogens with one attached hydrogen (secondary N) is 3. The summed E-state index contributed by atoms with van der Waals surface area (Å²) in [5, 5.41) is 5.36. The number of carbonyl (C=O) groups excluding carboxylic acids is 2. The molecule has 0 atom stereocenters. The van der Waals surface area contributed by atoms with Crippen molar-refractivity contribution in [3.63, 3.8) is 0 Å². The molecular weight excluding hydrogens is 438 g/mol. The van der Waals surface area contributed by atoms with Crippen molar-refractivity contribution in [1.82, 2.24) is 5.32 Å². The third-order valence-corrected chi connectivity index (χ3v) is 6.81. The maximum absolute atomic E-state index is 12.7. The molecule has 0 bridgehead atoms. The number of benzene rings is 3. The van der Waals surface area contributed by atoms with Gasteiger partial charge >= 0.3 is 0 Å². The molecule has 3 aromatic rings. The van der Waals surface area contributed by atoms with Crippen LogP contribution in [0.3, 0.4) is 0 Å². The zero-order chi connectivity index (χ0) is 24.2. The van der Waals surface area contributed by atoms with E-state index in [1.807, 2.05) is 52.0 Å². The molecule has 0 aromatic heterocycles. The van der Waals surface area contributed by atoms with E-state index in [2.05, 4.69) is 15.4 Å². The molecule has 172 valence electrons. The second-order valence-corrected chi connectivity index (χ2v) is 9.56. The minimum absolute atomic E-state index is 0.0349. The van der Waals surface area contributed by atoms with Crippen LogP contribution in [0.4, 0.5) is 11.4 Å². The molecule has 2 amide bonds. The SMILES string of the molecule is Cc1cccc(NS(=O)(=O)c2ccc(C(=O)NCC(=O)Nc3c(C)cccc3C)cc2)c1C. The van der Waals surface area contributed by atoms with Crippen LogP contribution in [0, 0.1) is 27.7 Å². The number of sulfonamides is 1. The topological polar surface area (TPSA) is 104 Å². The molecule has 0 aliphatic heterocycles. The first-order chi connectivity index (χ1) is 15.6. The molecule has 0 heterocycles. The van der Waals surface area contributed by atoms with Gasteiger partial charge in [-0.1, -0.05) is 30.3 Å². The molecule has 0 aliphatic carbocycles. The van der Waals surface area contributed by atoms with E-state index in [0.29, 0.717) is 5.69 Å². The summed E-state index contributed by atoms with van der Waals surface area (Å²) in [4.78, 5) is 24.7. The predicted molar refractivity (Wildman–Crippen MR) is 130 cm³/mol. The van der Waals surface area contributed by atoms with Crippen molar-refractivity contribution in [1.29, 1.82) is 0 Å². The van der Waals surface area contributed by atoms with Crippen molar-refractivity contribution in [2.24, 2.45) is 0 Å². The van der Waals surface area contributed by atoms with Crippen molar-refractivity contribution in [2.45, 2.75) is 32.6 Å². The Balaban J connectivity index is 1.62. The van der Waals surface area contributed by atoms with E-state index in [4.69, 9.17) is 0 Å². The van der Waals surface area contributed by atoms with Gasteiger partial charge < -0.3 is 10.6 Å². The summed E-state index contributed by atoms with van der Waals surface area (Å²) in [7, 11) is -3.81. The van der Waals surface area contributed by atoms with Crippen LogP contribution in [0.15, 0.2) is 65.6 Å². The number of aryl methyl sites for hydroxylation is 3. The van der Waals surface area contributed by atoms with E-state index in [-0.39, 0.29) is 22.9 Å². The highest BCUT2D eigenvalue weighted by Gasteiger charge is 2.17. The standard InChI is InChI=1S/C25H27N3O4S/c1-16-7-6-10-22(19(16)4)28-33(31,32)21-13-11-20(12-14-21)25(30)26-15-23(29)27-24-17(2)8-5-9-18(24)3/h5-14,28H,15H2,1-4H3,(H,26,30)(H,27,29). The Morgan fingerprint density at radius 1 is 0.788 bits per heavy atom. The summed E-state index contributed by atoms with van der Waals surface area (Å²) in [5.41, 5.74) is 5.16. The second kappa shape index (κ2) is 9.87. The van der Waals surface area contributed by atoms with E-state index in [1.165, 1.54) is 24.3 Å². The lowest BCUT2D eigenvalue weighted by Crippen LogP contribution is -2.33. The van der Waals surface area contributed by atoms with E-state index in [0.717, 1.165) is 27.9 Å². The highest BCUT2D eigenvalue weighted by atomic mass is 32.2. The Morgan fingerprint density at radius 2 is 1.36 bits per heavy atom. The van der Waals surface area contributed by atoms with Gasteiger partial charge in [0.15, 0.2) is 0 Å². The van der Waals surface area contributed by atoms with Gasteiger partial charge in [-0.3, -0.25) is 14.3 Å². The van der Waals surface area contributed by atoms with Crippen molar-refractivity contribution in [3.05, 3.63) is 88.5 Å². The highest BCUT2D eigenvalue weighted by molar-refractivity contribution is 7.92. The number of para-hydroxylation sites is 1. The summed E-state index contributed by atoms with van der Waals surface area (Å²) < 4.78 is 28.0. The number of hydrogen-bond acceptors (Lipinski definition) is 4. The molecule has 3 aromatic carbocycles. The third-order valence-electron chi connectivity index (χ3n) is 5.43. The monoisotopic (exact) mass is 465 g/mol. The fourth-order valence-electron chi connectivity index (χ4n) is 3.31. The molecule has 0 fully saturated rings. The van der Waals surface area contributed by atoms with E-state index >= 15 is 0 Å². The van der Waals surface area contributed by atoms with Gasteiger partial charge in [0, 0.05) is 11.3 Å². The fraction of sp³-hybridized carbons (Fsp3) is 0.200. The first-order valence-electron chi connectivity index (χ1n) is 10.4. The fourth-order valence-corrected chi connectivity index (χ4v) is 4.43. The molecule has 0 unspecified atom stereocenters. The molecule has 3 rings (SSSR count). The minimum atomic E-state index is -3.81. The number of anilines is 2. The molecule has 0 radical (unpaired) electrons. The summed E-state index contributed by atoms with van der Waals surface area (Å²) in [6, 6.07) is 16.6. The van der Waals surface area contributed by atoms with Gasteiger partial charge in [0.25, 0.3) is 15.9 Å². The van der Waals surface area contributed by atoms with Crippen molar-refractivity contribution >= 4 is 33.2 Å². The van der Waals surface area contributed by atoms with Crippen molar-refractivity contribution in [3.8, 4) is 0 Å². The molecule has 0 spiro atoms. The van der Waals surface area contributed by atoms with E-state index in [9.17, 15) is 18.0 Å². The van der Waals surface area contributed by atoms with Crippen LogP contribution in [0.2, 0.25) is 0 Å². The van der Waals surface area contributed by atoms with Crippen LogP contribution < -0.4 is 15.4 Å². The lowest BCUT2D eigenvalue weighted by molar-refractivity contribution is -0.115. The lowest BCUT2D eigenvalue weighted by atomic mass is 10.1. The number of carbonyl (C=O) groups is 2. The van der Waals surface area contributed by atoms with Gasteiger partial charge in [-0.25, -0.2) is 8.42 Å². The van der Waals surface area contributed by atoms with Crippen LogP contribution >= 0.6 is 0 Å². The molecular formula is C25H27N3O4S. The largest absolute Gasteiger partial charge is 0.343 e. The molecule has 3 N–H and O–H groups in total. The molecule has 0 aliphatic rings. The Kier molecular flexibility index (Phi) is 7.18. The normalized spacial score (nSPS) is 11.0. The average molecular weight is 466 g/mol. The summed E-state index contributed by atoms with van der Waals surface area (Å²) >= 11 is 0. The Bertz CT molecular complexity index is 1280. The van der Waals surface area contributed by atoms with Crippen LogP contribution in [0.5, 0.6) is 0 Å². The quantitative estimate of drug-likeness (QED) is 0.489. The maximum Gasteiger partial charge on any atom is 0.261 e. The molecule has 0 saturated carbocycles. The number of rotatable bonds is 7. The van der Waals surface area contributed by atoms with E-state index in [1.54, 1.807) is 12.1 Å². The van der Waals surface area contributed by atoms with Gasteiger partial charge in [0.2, 0.25) is 5.91 Å². The zero-order valence-electron chi connectivity index (χ0n) is 19.0. The predicted octanol–water partition coefficient (Wildman–Crippen LogP) is 4.09. The Labute approximate surface area is 194 Å². The maximum atomic E-state index is 12.7. The molecule has 8 heteroatoms. The molecule has 33 heavy (non-hydrogen) atoms. The third kappa shape index (κ3) is 5.78. The van der Waals surface area contributed by atoms with Gasteiger partial charge in [0.1, 0.15) is 0 Å². The van der Waals surface area contributed by atoms with Gasteiger partial charge in [-0.2, -0.15) is 0 Å². The molecule has 0 saturated heterocycles. The summed E-state index contributed by atoms with van der Waals surface area (Å²) in [5.74, 6) is -0.823. The average Bonchev–Trinajstić information content (AvgIpc) is 2.78. The van der Waals surface area contributed by atoms with E-state index < -0.39 is 15.9 Å². The first-order valence-corrected chi connectivity index (χ1v) is 11.9. The number of amides is 2. The van der Waals surface area contributed by atoms with Crippen LogP contribution in [-0.2, 0) is 14.8 Å². The van der Waals surface area contributed by atoms with Gasteiger partial charge in [-0.05, 0) is 80.3 Å². The Hall–Kier alpha value is -3.65. The summed E-state index contributed by atoms with van der Waals surface area (Å²) in [6.45, 7) is 7.33. The van der Waals surface area contributed by atoms with Crippen molar-refractivity contribution < 1.29 is 18.0 Å². The second-order valence-electron chi connectivity index (χ2n) is 7.88. The summed E-state index contributed by atoms with van der Waals surface area (Å²) in [6.07, 6.45) is 0. The zero-order valence-corrected chi connectivity index (χ0v) is 19.8. The minimum Gasteiger partial charge on any atom is -0.343 e. The lowest BCUT2D eigenvalue weighted by Gasteiger charge is -2.13.